The lowest BCUT2D eigenvalue weighted by Crippen LogP contribution is -2.20. The van der Waals surface area contributed by atoms with Gasteiger partial charge in [0.15, 0.2) is 4.38 Å². The van der Waals surface area contributed by atoms with E-state index in [9.17, 15) is 4.79 Å². The minimum atomic E-state index is -0.374. The van der Waals surface area contributed by atoms with Gasteiger partial charge in [0, 0.05) is 23.9 Å². The van der Waals surface area contributed by atoms with E-state index < -0.39 is 0 Å². The largest absolute Gasteiger partial charge is 0.291 e. The molecule has 3 rings (SSSR count). The van der Waals surface area contributed by atoms with Gasteiger partial charge in [-0.25, -0.2) is 10.4 Å². The molecule has 0 aliphatic rings. The quantitative estimate of drug-likeness (QED) is 0.383. The van der Waals surface area contributed by atoms with E-state index in [1.165, 1.54) is 29.7 Å². The van der Waals surface area contributed by atoms with Crippen LogP contribution in [0, 0.1) is 0 Å². The SMILES string of the molecule is O=C(NN=C(SCc1ccccc1)SCc1ccccc1)c1cnccn1. The molecule has 1 N–H and O–H groups in total. The third-order valence-corrected chi connectivity index (χ3v) is 5.79. The Bertz CT molecular complexity index is 829. The highest BCUT2D eigenvalue weighted by Gasteiger charge is 2.08. The third-order valence-electron chi connectivity index (χ3n) is 3.45. The van der Waals surface area contributed by atoms with Gasteiger partial charge in [0.1, 0.15) is 5.69 Å². The van der Waals surface area contributed by atoms with Crippen LogP contribution in [0.25, 0.3) is 0 Å². The number of carbonyl (C=O) groups is 1. The van der Waals surface area contributed by atoms with Gasteiger partial charge in [-0.1, -0.05) is 84.2 Å². The van der Waals surface area contributed by atoms with Crippen molar-refractivity contribution in [1.82, 2.24) is 15.4 Å². The maximum Gasteiger partial charge on any atom is 0.291 e. The minimum Gasteiger partial charge on any atom is -0.265 e. The smallest absolute Gasteiger partial charge is 0.265 e. The zero-order valence-electron chi connectivity index (χ0n) is 14.5. The average molecular weight is 395 g/mol. The Labute approximate surface area is 166 Å². The van der Waals surface area contributed by atoms with Gasteiger partial charge < -0.3 is 0 Å². The van der Waals surface area contributed by atoms with Gasteiger partial charge in [-0.2, -0.15) is 5.10 Å². The highest BCUT2D eigenvalue weighted by molar-refractivity contribution is 8.38. The Kier molecular flexibility index (Phi) is 7.44. The van der Waals surface area contributed by atoms with Crippen molar-refractivity contribution in [2.45, 2.75) is 11.5 Å². The third kappa shape index (κ3) is 6.54. The molecule has 27 heavy (non-hydrogen) atoms. The van der Waals surface area contributed by atoms with E-state index in [-0.39, 0.29) is 11.6 Å². The fourth-order valence-corrected chi connectivity index (χ4v) is 3.99. The van der Waals surface area contributed by atoms with Crippen LogP contribution in [-0.2, 0) is 11.5 Å². The van der Waals surface area contributed by atoms with Crippen LogP contribution in [0.15, 0.2) is 84.4 Å². The fraction of sp³-hybridized carbons (Fsp3) is 0.100. The first-order valence-corrected chi connectivity index (χ1v) is 10.3. The molecule has 0 aliphatic carbocycles. The highest BCUT2D eigenvalue weighted by Crippen LogP contribution is 2.24. The summed E-state index contributed by atoms with van der Waals surface area (Å²) in [7, 11) is 0. The summed E-state index contributed by atoms with van der Waals surface area (Å²) in [6, 6.07) is 20.3. The molecular formula is C20H18N4OS2. The molecule has 0 saturated carbocycles. The monoisotopic (exact) mass is 394 g/mol. The first kappa shape index (κ1) is 19.1. The van der Waals surface area contributed by atoms with Crippen molar-refractivity contribution in [3.05, 3.63) is 96.1 Å². The maximum absolute atomic E-state index is 12.2. The number of hydrazone groups is 1. The van der Waals surface area contributed by atoms with Crippen molar-refractivity contribution in [3.8, 4) is 0 Å². The van der Waals surface area contributed by atoms with Crippen molar-refractivity contribution >= 4 is 33.8 Å². The number of hydrogen-bond donors (Lipinski definition) is 1. The van der Waals surface area contributed by atoms with E-state index in [2.05, 4.69) is 44.8 Å². The number of thioether (sulfide) groups is 2. The van der Waals surface area contributed by atoms with E-state index in [0.29, 0.717) is 0 Å². The van der Waals surface area contributed by atoms with Gasteiger partial charge in [0.05, 0.1) is 6.20 Å². The maximum atomic E-state index is 12.2. The van der Waals surface area contributed by atoms with Crippen molar-refractivity contribution in [2.75, 3.05) is 0 Å². The summed E-state index contributed by atoms with van der Waals surface area (Å²) in [5.74, 6) is 1.19. The number of nitrogens with zero attached hydrogens (tertiary/aromatic N) is 3. The molecule has 136 valence electrons. The Morgan fingerprint density at radius 2 is 1.48 bits per heavy atom. The lowest BCUT2D eigenvalue weighted by atomic mass is 10.2. The predicted octanol–water partition coefficient (Wildman–Crippen LogP) is 4.34. The molecule has 0 aliphatic heterocycles. The molecule has 0 bridgehead atoms. The van der Waals surface area contributed by atoms with E-state index in [1.54, 1.807) is 23.5 Å². The van der Waals surface area contributed by atoms with Crippen LogP contribution in [-0.4, -0.2) is 20.3 Å². The summed E-state index contributed by atoms with van der Waals surface area (Å²) in [4.78, 5) is 20.0. The summed E-state index contributed by atoms with van der Waals surface area (Å²) < 4.78 is 0.792. The van der Waals surface area contributed by atoms with Crippen LogP contribution < -0.4 is 5.43 Å². The predicted molar refractivity (Wildman–Crippen MR) is 112 cm³/mol. The second-order valence-corrected chi connectivity index (χ2v) is 7.64. The first-order chi connectivity index (χ1) is 13.3. The molecule has 0 radical (unpaired) electrons. The zero-order valence-corrected chi connectivity index (χ0v) is 16.1. The lowest BCUT2D eigenvalue weighted by Gasteiger charge is -2.07. The van der Waals surface area contributed by atoms with Crippen LogP contribution in [0.3, 0.4) is 0 Å². The zero-order chi connectivity index (χ0) is 18.7. The lowest BCUT2D eigenvalue weighted by molar-refractivity contribution is 0.0950. The van der Waals surface area contributed by atoms with Crippen LogP contribution in [0.4, 0.5) is 0 Å². The van der Waals surface area contributed by atoms with Gasteiger partial charge in [0.25, 0.3) is 5.91 Å². The summed E-state index contributed by atoms with van der Waals surface area (Å²) in [6.45, 7) is 0. The van der Waals surface area contributed by atoms with Gasteiger partial charge in [-0.3, -0.25) is 9.78 Å². The Morgan fingerprint density at radius 3 is 2.00 bits per heavy atom. The highest BCUT2D eigenvalue weighted by atomic mass is 32.2. The second-order valence-electron chi connectivity index (χ2n) is 5.46. The van der Waals surface area contributed by atoms with Crippen molar-refractivity contribution in [2.24, 2.45) is 5.10 Å². The molecule has 3 aromatic rings. The van der Waals surface area contributed by atoms with E-state index >= 15 is 0 Å². The molecule has 0 saturated heterocycles. The number of hydrogen-bond acceptors (Lipinski definition) is 6. The van der Waals surface area contributed by atoms with Gasteiger partial charge >= 0.3 is 0 Å². The average Bonchev–Trinajstić information content (AvgIpc) is 2.75. The topological polar surface area (TPSA) is 67.2 Å². The molecule has 7 heteroatoms. The van der Waals surface area contributed by atoms with Gasteiger partial charge in [-0.05, 0) is 11.1 Å². The molecule has 0 fully saturated rings. The van der Waals surface area contributed by atoms with Crippen molar-refractivity contribution < 1.29 is 4.79 Å². The summed E-state index contributed by atoms with van der Waals surface area (Å²) >= 11 is 3.19. The van der Waals surface area contributed by atoms with Gasteiger partial charge in [0.2, 0.25) is 0 Å². The van der Waals surface area contributed by atoms with E-state index in [0.717, 1.165) is 15.9 Å². The molecule has 1 aromatic heterocycles. The second kappa shape index (κ2) is 10.5. The Hall–Kier alpha value is -2.64. The van der Waals surface area contributed by atoms with Crippen LogP contribution in [0.1, 0.15) is 21.6 Å². The van der Waals surface area contributed by atoms with E-state index in [1.807, 2.05) is 36.4 Å². The van der Waals surface area contributed by atoms with Gasteiger partial charge in [-0.15, -0.1) is 0 Å². The Balaban J connectivity index is 1.64. The van der Waals surface area contributed by atoms with Crippen LogP contribution >= 0.6 is 23.5 Å². The molecule has 0 spiro atoms. The molecule has 1 amide bonds. The normalized spacial score (nSPS) is 10.2. The molecule has 5 nitrogen and oxygen atoms in total. The molecule has 2 aromatic carbocycles. The minimum absolute atomic E-state index is 0.238. The summed E-state index contributed by atoms with van der Waals surface area (Å²) in [6.07, 6.45) is 4.42. The molecular weight excluding hydrogens is 376 g/mol. The molecule has 0 atom stereocenters. The number of benzene rings is 2. The van der Waals surface area contributed by atoms with Crippen LogP contribution in [0.5, 0.6) is 0 Å². The van der Waals surface area contributed by atoms with Crippen LogP contribution in [0.2, 0.25) is 0 Å². The standard InChI is InChI=1S/C20H18N4OS2/c25-19(18-13-21-11-12-22-18)23-24-20(26-14-16-7-3-1-4-8-16)27-15-17-9-5-2-6-10-17/h1-13H,14-15H2,(H,23,25). The number of aromatic nitrogens is 2. The van der Waals surface area contributed by atoms with Crippen molar-refractivity contribution in [3.63, 3.8) is 0 Å². The summed E-state index contributed by atoms with van der Waals surface area (Å²) in [5, 5.41) is 4.31. The van der Waals surface area contributed by atoms with Crippen molar-refractivity contribution in [1.29, 1.82) is 0 Å². The Morgan fingerprint density at radius 1 is 0.889 bits per heavy atom. The van der Waals surface area contributed by atoms with E-state index in [4.69, 9.17) is 0 Å². The molecule has 1 heterocycles. The summed E-state index contributed by atoms with van der Waals surface area (Å²) in [5.41, 5.74) is 5.22. The number of rotatable bonds is 6. The molecule has 0 unspecified atom stereocenters. The fourth-order valence-electron chi connectivity index (χ4n) is 2.11. The number of carbonyl (C=O) groups excluding carboxylic acids is 1. The number of amides is 1. The number of nitrogens with one attached hydrogen (secondary N) is 1. The first-order valence-electron chi connectivity index (χ1n) is 8.29.